The summed E-state index contributed by atoms with van der Waals surface area (Å²) in [6, 6.07) is 16.2. The zero-order valence-electron chi connectivity index (χ0n) is 18.6. The molecule has 4 rings (SSSR count). The van der Waals surface area contributed by atoms with E-state index in [4.69, 9.17) is 9.47 Å². The van der Waals surface area contributed by atoms with E-state index in [1.165, 1.54) is 5.56 Å². The van der Waals surface area contributed by atoms with Crippen LogP contribution in [0.15, 0.2) is 48.5 Å². The molecule has 1 heterocycles. The molecule has 0 bridgehead atoms. The van der Waals surface area contributed by atoms with Crippen LogP contribution in [0.2, 0.25) is 0 Å². The number of hydrogen-bond donors (Lipinski definition) is 1. The Kier molecular flexibility index (Phi) is 7.25. The van der Waals surface area contributed by atoms with E-state index < -0.39 is 5.41 Å². The number of carbonyl (C=O) groups is 1. The molecule has 1 aliphatic heterocycles. The molecule has 5 heteroatoms. The Bertz CT molecular complexity index is 836. The Labute approximate surface area is 185 Å². The van der Waals surface area contributed by atoms with Crippen molar-refractivity contribution in [2.75, 3.05) is 44.8 Å². The lowest BCUT2D eigenvalue weighted by Gasteiger charge is -2.28. The van der Waals surface area contributed by atoms with Crippen LogP contribution in [0.3, 0.4) is 0 Å². The van der Waals surface area contributed by atoms with Crippen LogP contribution in [0, 0.1) is 6.92 Å². The van der Waals surface area contributed by atoms with Gasteiger partial charge in [-0.25, -0.2) is 0 Å². The molecule has 31 heavy (non-hydrogen) atoms. The summed E-state index contributed by atoms with van der Waals surface area (Å²) in [5, 5.41) is 3.16. The minimum atomic E-state index is -0.414. The number of nitrogens with one attached hydrogen (secondary N) is 1. The average molecular weight is 423 g/mol. The van der Waals surface area contributed by atoms with Gasteiger partial charge >= 0.3 is 0 Å². The van der Waals surface area contributed by atoms with Crippen molar-refractivity contribution in [3.8, 4) is 5.75 Å². The maximum absolute atomic E-state index is 13.3. The van der Waals surface area contributed by atoms with Crippen LogP contribution in [0.25, 0.3) is 0 Å². The molecule has 5 nitrogen and oxygen atoms in total. The summed E-state index contributed by atoms with van der Waals surface area (Å²) in [6.45, 7) is 7.51. The highest BCUT2D eigenvalue weighted by molar-refractivity contribution is 5.99. The van der Waals surface area contributed by atoms with Gasteiger partial charge in [-0.1, -0.05) is 42.7 Å². The van der Waals surface area contributed by atoms with E-state index in [1.807, 2.05) is 24.3 Å². The molecule has 1 aliphatic carbocycles. The number of nitrogens with zero attached hydrogens (tertiary/aromatic N) is 1. The summed E-state index contributed by atoms with van der Waals surface area (Å²) >= 11 is 0. The third kappa shape index (κ3) is 5.46. The molecule has 2 aliphatic rings. The van der Waals surface area contributed by atoms with Crippen molar-refractivity contribution < 1.29 is 14.3 Å². The largest absolute Gasteiger partial charge is 0.494 e. The van der Waals surface area contributed by atoms with E-state index in [0.29, 0.717) is 6.61 Å². The molecule has 1 N–H and O–H groups in total. The summed E-state index contributed by atoms with van der Waals surface area (Å²) in [5.74, 6) is 0.946. The van der Waals surface area contributed by atoms with Gasteiger partial charge in [0.1, 0.15) is 5.75 Å². The molecule has 1 saturated carbocycles. The van der Waals surface area contributed by atoms with Gasteiger partial charge in [0.25, 0.3) is 0 Å². The second-order valence-electron chi connectivity index (χ2n) is 8.79. The van der Waals surface area contributed by atoms with Crippen molar-refractivity contribution in [3.05, 3.63) is 59.7 Å². The van der Waals surface area contributed by atoms with Crippen LogP contribution in [-0.2, 0) is 14.9 Å². The van der Waals surface area contributed by atoms with E-state index in [0.717, 1.165) is 82.0 Å². The number of rotatable bonds is 8. The Morgan fingerprint density at radius 3 is 2.39 bits per heavy atom. The Hall–Kier alpha value is -2.37. The molecule has 2 aromatic carbocycles. The lowest BCUT2D eigenvalue weighted by molar-refractivity contribution is -0.121. The summed E-state index contributed by atoms with van der Waals surface area (Å²) < 4.78 is 11.3. The Morgan fingerprint density at radius 2 is 1.71 bits per heavy atom. The summed E-state index contributed by atoms with van der Waals surface area (Å²) in [5.41, 5.74) is 2.76. The van der Waals surface area contributed by atoms with Crippen molar-refractivity contribution in [1.82, 2.24) is 4.90 Å². The molecule has 0 radical (unpaired) electrons. The topological polar surface area (TPSA) is 50.8 Å². The zero-order valence-corrected chi connectivity index (χ0v) is 18.6. The highest BCUT2D eigenvalue weighted by atomic mass is 16.5. The van der Waals surface area contributed by atoms with Gasteiger partial charge in [-0.3, -0.25) is 9.69 Å². The molecular formula is C26H34N2O3. The molecule has 1 saturated heterocycles. The third-order valence-electron chi connectivity index (χ3n) is 6.60. The zero-order chi connectivity index (χ0) is 21.5. The maximum Gasteiger partial charge on any atom is 0.235 e. The molecule has 0 atom stereocenters. The predicted octanol–water partition coefficient (Wildman–Crippen LogP) is 4.55. The van der Waals surface area contributed by atoms with E-state index in [2.05, 4.69) is 41.4 Å². The normalized spacial score (nSPS) is 18.6. The van der Waals surface area contributed by atoms with Crippen molar-refractivity contribution in [1.29, 1.82) is 0 Å². The fourth-order valence-corrected chi connectivity index (χ4v) is 4.69. The van der Waals surface area contributed by atoms with Crippen LogP contribution in [0.1, 0.15) is 43.2 Å². The van der Waals surface area contributed by atoms with Crippen LogP contribution in [-0.4, -0.2) is 50.3 Å². The van der Waals surface area contributed by atoms with Gasteiger partial charge in [-0.05, 0) is 56.0 Å². The number of carbonyl (C=O) groups excluding carboxylic acids is 1. The fraction of sp³-hybridized carbons (Fsp3) is 0.500. The van der Waals surface area contributed by atoms with Crippen LogP contribution in [0.4, 0.5) is 5.69 Å². The molecule has 0 unspecified atom stereocenters. The average Bonchev–Trinajstić information content (AvgIpc) is 3.30. The first-order valence-corrected chi connectivity index (χ1v) is 11.6. The molecule has 1 amide bonds. The number of morpholine rings is 1. The minimum absolute atomic E-state index is 0.105. The molecule has 0 spiro atoms. The standard InChI is InChI=1S/C26H34N2O3/c1-21-5-7-22(8-6-21)26(13-2-3-14-26)25(29)27-23-9-11-24(12-10-23)31-18-4-15-28-16-19-30-20-17-28/h5-12H,2-4,13-20H2,1H3,(H,27,29). The van der Waals surface area contributed by atoms with Gasteiger partial charge in [0.15, 0.2) is 0 Å². The van der Waals surface area contributed by atoms with Crippen LogP contribution >= 0.6 is 0 Å². The molecule has 2 fully saturated rings. The van der Waals surface area contributed by atoms with Crippen LogP contribution < -0.4 is 10.1 Å². The quantitative estimate of drug-likeness (QED) is 0.634. The monoisotopic (exact) mass is 422 g/mol. The van der Waals surface area contributed by atoms with Gasteiger partial charge in [0, 0.05) is 25.3 Å². The number of amides is 1. The molecule has 0 aromatic heterocycles. The van der Waals surface area contributed by atoms with Crippen molar-refractivity contribution in [3.63, 3.8) is 0 Å². The maximum atomic E-state index is 13.3. The number of anilines is 1. The lowest BCUT2D eigenvalue weighted by atomic mass is 9.77. The summed E-state index contributed by atoms with van der Waals surface area (Å²) in [6.07, 6.45) is 5.01. The van der Waals surface area contributed by atoms with Crippen molar-refractivity contribution >= 4 is 11.6 Å². The van der Waals surface area contributed by atoms with Gasteiger partial charge < -0.3 is 14.8 Å². The van der Waals surface area contributed by atoms with Crippen molar-refractivity contribution in [2.45, 2.75) is 44.4 Å². The summed E-state index contributed by atoms with van der Waals surface area (Å²) in [7, 11) is 0. The lowest BCUT2D eigenvalue weighted by Crippen LogP contribution is -2.38. The highest BCUT2D eigenvalue weighted by Gasteiger charge is 2.42. The molecule has 166 valence electrons. The number of benzene rings is 2. The van der Waals surface area contributed by atoms with Gasteiger partial charge in [0.2, 0.25) is 5.91 Å². The first-order valence-electron chi connectivity index (χ1n) is 11.6. The first-order chi connectivity index (χ1) is 15.2. The van der Waals surface area contributed by atoms with Gasteiger partial charge in [-0.15, -0.1) is 0 Å². The second-order valence-corrected chi connectivity index (χ2v) is 8.79. The summed E-state index contributed by atoms with van der Waals surface area (Å²) in [4.78, 5) is 15.7. The van der Waals surface area contributed by atoms with Crippen molar-refractivity contribution in [2.24, 2.45) is 0 Å². The number of aryl methyl sites for hydroxylation is 1. The van der Waals surface area contributed by atoms with Gasteiger partial charge in [0.05, 0.1) is 25.2 Å². The second kappa shape index (κ2) is 10.3. The first kappa shape index (κ1) is 21.8. The van der Waals surface area contributed by atoms with E-state index in [-0.39, 0.29) is 5.91 Å². The number of ether oxygens (including phenoxy) is 2. The Balaban J connectivity index is 1.30. The Morgan fingerprint density at radius 1 is 1.03 bits per heavy atom. The predicted molar refractivity (Wildman–Crippen MR) is 124 cm³/mol. The SMILES string of the molecule is Cc1ccc(C2(C(=O)Nc3ccc(OCCCN4CCOCC4)cc3)CCCC2)cc1. The smallest absolute Gasteiger partial charge is 0.235 e. The van der Waals surface area contributed by atoms with E-state index >= 15 is 0 Å². The van der Waals surface area contributed by atoms with Crippen LogP contribution in [0.5, 0.6) is 5.75 Å². The molecule has 2 aromatic rings. The minimum Gasteiger partial charge on any atom is -0.494 e. The van der Waals surface area contributed by atoms with E-state index in [9.17, 15) is 4.79 Å². The number of hydrogen-bond acceptors (Lipinski definition) is 4. The highest BCUT2D eigenvalue weighted by Crippen LogP contribution is 2.42. The fourth-order valence-electron chi connectivity index (χ4n) is 4.69. The van der Waals surface area contributed by atoms with E-state index in [1.54, 1.807) is 0 Å². The third-order valence-corrected chi connectivity index (χ3v) is 6.60. The molecular weight excluding hydrogens is 388 g/mol. The van der Waals surface area contributed by atoms with Gasteiger partial charge in [-0.2, -0.15) is 0 Å².